The van der Waals surface area contributed by atoms with Crippen LogP contribution in [0.1, 0.15) is 21.6 Å². The van der Waals surface area contributed by atoms with Crippen LogP contribution < -0.4 is 5.32 Å². The van der Waals surface area contributed by atoms with Crippen molar-refractivity contribution in [3.63, 3.8) is 0 Å². The smallest absolute Gasteiger partial charge is 0.257 e. The maximum Gasteiger partial charge on any atom is 0.257 e. The second kappa shape index (κ2) is 7.11. The highest BCUT2D eigenvalue weighted by atomic mass is 79.9. The van der Waals surface area contributed by atoms with Crippen LogP contribution >= 0.6 is 27.7 Å². The van der Waals surface area contributed by atoms with Gasteiger partial charge < -0.3 is 5.32 Å². The molecule has 1 amide bonds. The molecule has 0 aliphatic carbocycles. The van der Waals surface area contributed by atoms with Gasteiger partial charge in [0, 0.05) is 27.1 Å². The summed E-state index contributed by atoms with van der Waals surface area (Å²) >= 11 is 5.29. The molecule has 138 valence electrons. The third-order valence-electron chi connectivity index (χ3n) is 4.89. The zero-order chi connectivity index (χ0) is 19.1. The van der Waals surface area contributed by atoms with Crippen LogP contribution in [0.2, 0.25) is 0 Å². The number of anilines is 1. The SMILES string of the molecule is O=C(Nc1c2c(nn1-c1ccc(Br)cc1)CSC2)c1cccc2ccccc12. The first kappa shape index (κ1) is 17.5. The molecule has 0 spiro atoms. The number of nitrogens with zero attached hydrogens (tertiary/aromatic N) is 2. The maximum atomic E-state index is 13.2. The number of carbonyl (C=O) groups is 1. The lowest BCUT2D eigenvalue weighted by atomic mass is 10.0. The number of aromatic nitrogens is 2. The summed E-state index contributed by atoms with van der Waals surface area (Å²) in [6, 6.07) is 21.7. The van der Waals surface area contributed by atoms with E-state index in [0.717, 1.165) is 49.5 Å². The van der Waals surface area contributed by atoms with Crippen LogP contribution in [0.3, 0.4) is 0 Å². The molecule has 4 aromatic rings. The minimum Gasteiger partial charge on any atom is -0.306 e. The topological polar surface area (TPSA) is 46.9 Å². The number of halogens is 1. The predicted molar refractivity (Wildman–Crippen MR) is 118 cm³/mol. The maximum absolute atomic E-state index is 13.2. The van der Waals surface area contributed by atoms with Gasteiger partial charge in [-0.1, -0.05) is 52.3 Å². The van der Waals surface area contributed by atoms with E-state index in [2.05, 4.69) is 21.2 Å². The number of fused-ring (bicyclic) bond motifs is 2. The molecule has 3 aromatic carbocycles. The van der Waals surface area contributed by atoms with Crippen molar-refractivity contribution in [1.82, 2.24) is 9.78 Å². The third-order valence-corrected chi connectivity index (χ3v) is 6.39. The second-order valence-electron chi connectivity index (χ2n) is 6.64. The average Bonchev–Trinajstić information content (AvgIpc) is 3.31. The van der Waals surface area contributed by atoms with E-state index in [9.17, 15) is 4.79 Å². The number of hydrogen-bond acceptors (Lipinski definition) is 3. The van der Waals surface area contributed by atoms with Gasteiger partial charge in [-0.25, -0.2) is 4.68 Å². The monoisotopic (exact) mass is 449 g/mol. The van der Waals surface area contributed by atoms with Crippen LogP contribution in [0.4, 0.5) is 5.82 Å². The van der Waals surface area contributed by atoms with Crippen LogP contribution in [-0.2, 0) is 11.5 Å². The number of thioether (sulfide) groups is 1. The first-order chi connectivity index (χ1) is 13.7. The summed E-state index contributed by atoms with van der Waals surface area (Å²) < 4.78 is 2.85. The first-order valence-corrected chi connectivity index (χ1v) is 10.9. The second-order valence-corrected chi connectivity index (χ2v) is 8.54. The molecule has 1 aliphatic heterocycles. The lowest BCUT2D eigenvalue weighted by Gasteiger charge is -2.12. The summed E-state index contributed by atoms with van der Waals surface area (Å²) in [4.78, 5) is 13.2. The summed E-state index contributed by atoms with van der Waals surface area (Å²) in [5.74, 6) is 2.38. The Bertz CT molecular complexity index is 1200. The normalized spacial score (nSPS) is 12.9. The zero-order valence-electron chi connectivity index (χ0n) is 14.9. The fourth-order valence-corrected chi connectivity index (χ4v) is 4.81. The standard InChI is InChI=1S/C22H16BrN3OS/c23-15-8-10-16(11-9-15)26-21(19-12-28-13-20(19)25-26)24-22(27)18-7-3-5-14-4-1-2-6-17(14)18/h1-11H,12-13H2,(H,24,27). The highest BCUT2D eigenvalue weighted by Crippen LogP contribution is 2.36. The van der Waals surface area contributed by atoms with Crippen molar-refractivity contribution in [1.29, 1.82) is 0 Å². The highest BCUT2D eigenvalue weighted by Gasteiger charge is 2.25. The van der Waals surface area contributed by atoms with E-state index in [1.54, 1.807) is 0 Å². The first-order valence-electron chi connectivity index (χ1n) is 8.94. The van der Waals surface area contributed by atoms with E-state index in [0.29, 0.717) is 5.56 Å². The molecule has 0 radical (unpaired) electrons. The molecule has 5 rings (SSSR count). The Morgan fingerprint density at radius 2 is 1.79 bits per heavy atom. The van der Waals surface area contributed by atoms with Crippen molar-refractivity contribution in [2.75, 3.05) is 5.32 Å². The molecule has 0 saturated heterocycles. The fraction of sp³-hybridized carbons (Fsp3) is 0.0909. The fourth-order valence-electron chi connectivity index (χ4n) is 3.51. The van der Waals surface area contributed by atoms with Gasteiger partial charge >= 0.3 is 0 Å². The molecule has 0 fully saturated rings. The molecular weight excluding hydrogens is 434 g/mol. The summed E-state index contributed by atoms with van der Waals surface area (Å²) in [7, 11) is 0. The van der Waals surface area contributed by atoms with E-state index in [-0.39, 0.29) is 5.91 Å². The largest absolute Gasteiger partial charge is 0.306 e. The minimum atomic E-state index is -0.116. The van der Waals surface area contributed by atoms with E-state index in [4.69, 9.17) is 5.10 Å². The molecule has 6 heteroatoms. The van der Waals surface area contributed by atoms with Crippen LogP contribution in [0, 0.1) is 0 Å². The van der Waals surface area contributed by atoms with Crippen LogP contribution in [0.25, 0.3) is 16.5 Å². The van der Waals surface area contributed by atoms with Gasteiger partial charge in [0.2, 0.25) is 0 Å². The molecule has 0 bridgehead atoms. The number of amides is 1. The Kier molecular flexibility index (Phi) is 4.45. The van der Waals surface area contributed by atoms with Gasteiger partial charge in [0.15, 0.2) is 0 Å². The van der Waals surface area contributed by atoms with Gasteiger partial charge in [-0.05, 0) is 41.1 Å². The molecular formula is C22H16BrN3OS. The van der Waals surface area contributed by atoms with Gasteiger partial charge in [0.05, 0.1) is 11.4 Å². The lowest BCUT2D eigenvalue weighted by molar-refractivity contribution is 0.102. The third kappa shape index (κ3) is 3.02. The Hall–Kier alpha value is -2.57. The number of benzene rings is 3. The molecule has 0 unspecified atom stereocenters. The van der Waals surface area contributed by atoms with E-state index in [1.165, 1.54) is 0 Å². The predicted octanol–water partition coefficient (Wildman–Crippen LogP) is 5.79. The van der Waals surface area contributed by atoms with Crippen molar-refractivity contribution >= 4 is 50.2 Å². The molecule has 0 saturated carbocycles. The molecule has 1 aromatic heterocycles. The van der Waals surface area contributed by atoms with Crippen LogP contribution in [0.5, 0.6) is 0 Å². The summed E-state index contributed by atoms with van der Waals surface area (Å²) in [5.41, 5.74) is 3.75. The van der Waals surface area contributed by atoms with Crippen molar-refractivity contribution in [3.8, 4) is 5.69 Å². The molecule has 0 atom stereocenters. The summed E-state index contributed by atoms with van der Waals surface area (Å²) in [6.07, 6.45) is 0. The average molecular weight is 450 g/mol. The van der Waals surface area contributed by atoms with Crippen molar-refractivity contribution in [3.05, 3.63) is 88.0 Å². The number of carbonyl (C=O) groups excluding carboxylic acids is 1. The van der Waals surface area contributed by atoms with Crippen molar-refractivity contribution in [2.24, 2.45) is 0 Å². The van der Waals surface area contributed by atoms with Gasteiger partial charge in [-0.15, -0.1) is 0 Å². The lowest BCUT2D eigenvalue weighted by Crippen LogP contribution is -2.16. The summed E-state index contributed by atoms with van der Waals surface area (Å²) in [5, 5.41) is 9.91. The highest BCUT2D eigenvalue weighted by molar-refractivity contribution is 9.10. The Morgan fingerprint density at radius 1 is 1.00 bits per heavy atom. The Morgan fingerprint density at radius 3 is 2.64 bits per heavy atom. The van der Waals surface area contributed by atoms with Gasteiger partial charge in [0.25, 0.3) is 5.91 Å². The van der Waals surface area contributed by atoms with Crippen LogP contribution in [-0.4, -0.2) is 15.7 Å². The number of nitrogens with one attached hydrogen (secondary N) is 1. The minimum absolute atomic E-state index is 0.116. The molecule has 2 heterocycles. The molecule has 1 N–H and O–H groups in total. The number of rotatable bonds is 3. The van der Waals surface area contributed by atoms with E-state index < -0.39 is 0 Å². The number of hydrogen-bond donors (Lipinski definition) is 1. The van der Waals surface area contributed by atoms with Gasteiger partial charge in [0.1, 0.15) is 5.82 Å². The molecule has 4 nitrogen and oxygen atoms in total. The quantitative estimate of drug-likeness (QED) is 0.430. The van der Waals surface area contributed by atoms with Gasteiger partial charge in [-0.3, -0.25) is 4.79 Å². The molecule has 28 heavy (non-hydrogen) atoms. The Balaban J connectivity index is 1.58. The Labute approximate surface area is 175 Å². The van der Waals surface area contributed by atoms with Crippen LogP contribution in [0.15, 0.2) is 71.2 Å². The van der Waals surface area contributed by atoms with Crippen molar-refractivity contribution < 1.29 is 4.79 Å². The van der Waals surface area contributed by atoms with Gasteiger partial charge in [-0.2, -0.15) is 16.9 Å². The summed E-state index contributed by atoms with van der Waals surface area (Å²) in [6.45, 7) is 0. The van der Waals surface area contributed by atoms with E-state index in [1.807, 2.05) is 83.2 Å². The van der Waals surface area contributed by atoms with E-state index >= 15 is 0 Å². The zero-order valence-corrected chi connectivity index (χ0v) is 17.3. The molecule has 1 aliphatic rings. The van der Waals surface area contributed by atoms with Crippen molar-refractivity contribution in [2.45, 2.75) is 11.5 Å².